The summed E-state index contributed by atoms with van der Waals surface area (Å²) in [5.41, 5.74) is 0.372. The van der Waals surface area contributed by atoms with E-state index in [2.05, 4.69) is 15.9 Å². The molecule has 0 unspecified atom stereocenters. The molecule has 0 heterocycles. The van der Waals surface area contributed by atoms with Gasteiger partial charge in [0.15, 0.2) is 11.6 Å². The van der Waals surface area contributed by atoms with Gasteiger partial charge in [0.05, 0.1) is 5.56 Å². The minimum Gasteiger partial charge on any atom is -0.420 e. The van der Waals surface area contributed by atoms with E-state index in [1.807, 2.05) is 0 Å². The zero-order valence-corrected chi connectivity index (χ0v) is 10.3. The Kier molecular flexibility index (Phi) is 3.54. The zero-order valence-electron chi connectivity index (χ0n) is 8.69. The van der Waals surface area contributed by atoms with Crippen molar-refractivity contribution < 1.29 is 13.9 Å². The number of carbonyl (C=O) groups is 1. The van der Waals surface area contributed by atoms with Gasteiger partial charge in [-0.1, -0.05) is 28.1 Å². The molecular weight excluding hydrogens is 287 g/mol. The molecule has 86 valence electrons. The smallest absolute Gasteiger partial charge is 0.343 e. The molecule has 4 heteroatoms. The molecule has 0 aliphatic heterocycles. The molecule has 0 aromatic heterocycles. The lowest BCUT2D eigenvalue weighted by Gasteiger charge is -2.04. The fourth-order valence-electron chi connectivity index (χ4n) is 1.27. The van der Waals surface area contributed by atoms with Gasteiger partial charge in [0.25, 0.3) is 0 Å². The number of rotatable bonds is 2. The van der Waals surface area contributed by atoms with Crippen molar-refractivity contribution in [1.29, 1.82) is 0 Å². The molecule has 0 N–H and O–H groups in total. The van der Waals surface area contributed by atoms with Crippen LogP contribution in [0, 0.1) is 5.82 Å². The summed E-state index contributed by atoms with van der Waals surface area (Å²) >= 11 is 3.26. The zero-order chi connectivity index (χ0) is 12.3. The molecule has 0 fully saturated rings. The van der Waals surface area contributed by atoms with Gasteiger partial charge in [-0.15, -0.1) is 0 Å². The summed E-state index contributed by atoms with van der Waals surface area (Å²) in [7, 11) is 0. The Bertz CT molecular complexity index is 537. The summed E-state index contributed by atoms with van der Waals surface area (Å²) in [6.07, 6.45) is 0. The Balaban J connectivity index is 2.17. The number of hydrogen-bond acceptors (Lipinski definition) is 2. The van der Waals surface area contributed by atoms with Crippen molar-refractivity contribution in [2.24, 2.45) is 0 Å². The lowest BCUT2D eigenvalue weighted by molar-refractivity contribution is 0.0728. The van der Waals surface area contributed by atoms with E-state index in [1.165, 1.54) is 18.2 Å². The van der Waals surface area contributed by atoms with Gasteiger partial charge in [-0.05, 0) is 36.4 Å². The van der Waals surface area contributed by atoms with Crippen molar-refractivity contribution in [2.45, 2.75) is 0 Å². The first kappa shape index (κ1) is 11.8. The molecule has 0 atom stereocenters. The lowest BCUT2D eigenvalue weighted by Crippen LogP contribution is -2.09. The Labute approximate surface area is 106 Å². The van der Waals surface area contributed by atoms with Gasteiger partial charge in [-0.2, -0.15) is 0 Å². The second-order valence-corrected chi connectivity index (χ2v) is 4.24. The van der Waals surface area contributed by atoms with E-state index in [-0.39, 0.29) is 5.75 Å². The van der Waals surface area contributed by atoms with Crippen LogP contribution in [0.5, 0.6) is 5.75 Å². The summed E-state index contributed by atoms with van der Waals surface area (Å²) in [5.74, 6) is -1.21. The van der Waals surface area contributed by atoms with E-state index in [4.69, 9.17) is 4.74 Å². The van der Waals surface area contributed by atoms with Gasteiger partial charge in [0, 0.05) is 4.47 Å². The molecule has 0 radical (unpaired) electrons. The van der Waals surface area contributed by atoms with Crippen molar-refractivity contribution >= 4 is 21.9 Å². The van der Waals surface area contributed by atoms with Gasteiger partial charge in [0.2, 0.25) is 0 Å². The minimum atomic E-state index is -0.581. The van der Waals surface area contributed by atoms with Gasteiger partial charge in [-0.25, -0.2) is 9.18 Å². The van der Waals surface area contributed by atoms with E-state index in [0.717, 1.165) is 4.47 Å². The molecule has 0 amide bonds. The van der Waals surface area contributed by atoms with Crippen molar-refractivity contribution in [2.75, 3.05) is 0 Å². The van der Waals surface area contributed by atoms with Gasteiger partial charge in [0.1, 0.15) is 0 Å². The van der Waals surface area contributed by atoms with Crippen molar-refractivity contribution in [3.8, 4) is 5.75 Å². The molecule has 17 heavy (non-hydrogen) atoms. The Morgan fingerprint density at radius 3 is 2.35 bits per heavy atom. The number of ether oxygens (including phenoxy) is 1. The normalized spacial score (nSPS) is 10.0. The van der Waals surface area contributed by atoms with Crippen LogP contribution in [-0.2, 0) is 0 Å². The van der Waals surface area contributed by atoms with Crippen LogP contribution in [-0.4, -0.2) is 5.97 Å². The maximum atomic E-state index is 13.2. The molecule has 0 bridgehead atoms. The fraction of sp³-hybridized carbons (Fsp3) is 0. The summed E-state index contributed by atoms with van der Waals surface area (Å²) in [6.45, 7) is 0. The molecule has 2 rings (SSSR count). The standard InChI is InChI=1S/C13H8BrFO2/c14-10-7-5-9(6-8-10)13(16)17-12-4-2-1-3-11(12)15/h1-8H. The van der Waals surface area contributed by atoms with E-state index in [9.17, 15) is 9.18 Å². The third-order valence-corrected chi connectivity index (χ3v) is 2.65. The average Bonchev–Trinajstić information content (AvgIpc) is 2.33. The first-order valence-corrected chi connectivity index (χ1v) is 5.68. The van der Waals surface area contributed by atoms with Gasteiger partial charge < -0.3 is 4.74 Å². The monoisotopic (exact) mass is 294 g/mol. The van der Waals surface area contributed by atoms with E-state index < -0.39 is 11.8 Å². The Morgan fingerprint density at radius 2 is 1.71 bits per heavy atom. The van der Waals surface area contributed by atoms with Crippen LogP contribution < -0.4 is 4.74 Å². The highest BCUT2D eigenvalue weighted by molar-refractivity contribution is 9.10. The van der Waals surface area contributed by atoms with E-state index >= 15 is 0 Å². The van der Waals surface area contributed by atoms with Crippen LogP contribution in [0.25, 0.3) is 0 Å². The van der Waals surface area contributed by atoms with Gasteiger partial charge in [-0.3, -0.25) is 0 Å². The van der Waals surface area contributed by atoms with Crippen molar-refractivity contribution in [3.63, 3.8) is 0 Å². The third-order valence-electron chi connectivity index (χ3n) is 2.12. The average molecular weight is 295 g/mol. The second kappa shape index (κ2) is 5.10. The Morgan fingerprint density at radius 1 is 1.06 bits per heavy atom. The molecule has 2 aromatic carbocycles. The summed E-state index contributed by atoms with van der Waals surface area (Å²) in [4.78, 5) is 11.7. The number of hydrogen-bond donors (Lipinski definition) is 0. The highest BCUT2D eigenvalue weighted by Gasteiger charge is 2.10. The van der Waals surface area contributed by atoms with Crippen molar-refractivity contribution in [1.82, 2.24) is 0 Å². The topological polar surface area (TPSA) is 26.3 Å². The first-order valence-electron chi connectivity index (χ1n) is 4.89. The van der Waals surface area contributed by atoms with Gasteiger partial charge >= 0.3 is 5.97 Å². The van der Waals surface area contributed by atoms with Crippen LogP contribution in [0.2, 0.25) is 0 Å². The maximum absolute atomic E-state index is 13.2. The highest BCUT2D eigenvalue weighted by atomic mass is 79.9. The molecule has 0 saturated heterocycles. The second-order valence-electron chi connectivity index (χ2n) is 3.33. The van der Waals surface area contributed by atoms with Crippen LogP contribution in [0.4, 0.5) is 4.39 Å². The van der Waals surface area contributed by atoms with E-state index in [1.54, 1.807) is 30.3 Å². The molecule has 2 nitrogen and oxygen atoms in total. The summed E-state index contributed by atoms with van der Waals surface area (Å²) < 4.78 is 19.0. The maximum Gasteiger partial charge on any atom is 0.343 e. The summed E-state index contributed by atoms with van der Waals surface area (Å²) in [5, 5.41) is 0. The first-order chi connectivity index (χ1) is 8.16. The Hall–Kier alpha value is -1.68. The summed E-state index contributed by atoms with van der Waals surface area (Å²) in [6, 6.07) is 12.4. The number of carbonyl (C=O) groups excluding carboxylic acids is 1. The van der Waals surface area contributed by atoms with Crippen LogP contribution in [0.3, 0.4) is 0 Å². The number of benzene rings is 2. The molecule has 0 aliphatic carbocycles. The fourth-order valence-corrected chi connectivity index (χ4v) is 1.54. The highest BCUT2D eigenvalue weighted by Crippen LogP contribution is 2.18. The molecular formula is C13H8BrFO2. The molecule has 0 aliphatic rings. The van der Waals surface area contributed by atoms with E-state index in [0.29, 0.717) is 5.56 Å². The predicted octanol–water partition coefficient (Wildman–Crippen LogP) is 3.81. The lowest BCUT2D eigenvalue weighted by atomic mass is 10.2. The quantitative estimate of drug-likeness (QED) is 0.622. The third kappa shape index (κ3) is 2.91. The largest absolute Gasteiger partial charge is 0.420 e. The number of esters is 1. The van der Waals surface area contributed by atoms with Crippen LogP contribution in [0.15, 0.2) is 53.0 Å². The van der Waals surface area contributed by atoms with Crippen molar-refractivity contribution in [3.05, 3.63) is 64.4 Å². The molecule has 2 aromatic rings. The molecule has 0 spiro atoms. The number of para-hydroxylation sites is 1. The van der Waals surface area contributed by atoms with Crippen LogP contribution in [0.1, 0.15) is 10.4 Å². The minimum absolute atomic E-state index is 0.0691. The van der Waals surface area contributed by atoms with Crippen LogP contribution >= 0.6 is 15.9 Å². The SMILES string of the molecule is O=C(Oc1ccccc1F)c1ccc(Br)cc1. The predicted molar refractivity (Wildman–Crippen MR) is 65.5 cm³/mol. The molecule has 0 saturated carbocycles. The number of halogens is 2.